The van der Waals surface area contributed by atoms with E-state index in [0.29, 0.717) is 18.8 Å². The highest BCUT2D eigenvalue weighted by molar-refractivity contribution is 7.89. The van der Waals surface area contributed by atoms with Gasteiger partial charge in [-0.1, -0.05) is 24.4 Å². The summed E-state index contributed by atoms with van der Waals surface area (Å²) in [5, 5.41) is 4.92. The van der Waals surface area contributed by atoms with Gasteiger partial charge in [0, 0.05) is 6.07 Å². The lowest BCUT2D eigenvalue weighted by atomic mass is 10.2. The van der Waals surface area contributed by atoms with Gasteiger partial charge >= 0.3 is 0 Å². The number of unbranched alkanes of at least 4 members (excludes halogenated alkanes) is 3. The molecule has 108 valence electrons. The van der Waals surface area contributed by atoms with Crippen LogP contribution < -0.4 is 9.88 Å². The Bertz CT molecular complexity index is 508. The zero-order valence-corrected chi connectivity index (χ0v) is 12.0. The van der Waals surface area contributed by atoms with Crippen molar-refractivity contribution in [3.63, 3.8) is 0 Å². The van der Waals surface area contributed by atoms with Crippen molar-refractivity contribution in [1.29, 1.82) is 0 Å². The molecule has 0 amide bonds. The third kappa shape index (κ3) is 7.34. The van der Waals surface area contributed by atoms with Crippen LogP contribution in [0.25, 0.3) is 0 Å². The molecular formula is C12H17ClFNO3S. The molecule has 0 unspecified atom stereocenters. The Labute approximate surface area is 117 Å². The quantitative estimate of drug-likeness (QED) is 0.751. The highest BCUT2D eigenvalue weighted by Crippen LogP contribution is 2.21. The molecule has 0 aliphatic carbocycles. The van der Waals surface area contributed by atoms with Gasteiger partial charge in [-0.3, -0.25) is 0 Å². The highest BCUT2D eigenvalue weighted by atomic mass is 35.5. The molecule has 0 aliphatic rings. The van der Waals surface area contributed by atoms with E-state index in [1.165, 1.54) is 18.2 Å². The lowest BCUT2D eigenvalue weighted by molar-refractivity contribution is 0.304. The van der Waals surface area contributed by atoms with Crippen LogP contribution in [0, 0.1) is 5.82 Å². The van der Waals surface area contributed by atoms with Crippen LogP contribution >= 0.6 is 11.6 Å². The topological polar surface area (TPSA) is 69.4 Å². The average molecular weight is 310 g/mol. The van der Waals surface area contributed by atoms with Crippen LogP contribution in [0.2, 0.25) is 5.02 Å². The lowest BCUT2D eigenvalue weighted by Crippen LogP contribution is -2.16. The van der Waals surface area contributed by atoms with Crippen LogP contribution in [0.1, 0.15) is 25.7 Å². The minimum Gasteiger partial charge on any atom is -0.494 e. The summed E-state index contributed by atoms with van der Waals surface area (Å²) in [7, 11) is -3.35. The second-order valence-corrected chi connectivity index (χ2v) is 6.35. The summed E-state index contributed by atoms with van der Waals surface area (Å²) in [6.45, 7) is 0.483. The summed E-state index contributed by atoms with van der Waals surface area (Å²) < 4.78 is 39.6. The Kier molecular flexibility index (Phi) is 6.54. The molecule has 0 aromatic heterocycles. The molecule has 0 atom stereocenters. The highest BCUT2D eigenvalue weighted by Gasteiger charge is 2.03. The first-order chi connectivity index (χ1) is 8.88. The first-order valence-electron chi connectivity index (χ1n) is 5.97. The summed E-state index contributed by atoms with van der Waals surface area (Å²) in [6, 6.07) is 4.20. The molecule has 2 N–H and O–H groups in total. The molecule has 0 aliphatic heterocycles. The van der Waals surface area contributed by atoms with E-state index in [-0.39, 0.29) is 10.8 Å². The fourth-order valence-corrected chi connectivity index (χ4v) is 2.29. The summed E-state index contributed by atoms with van der Waals surface area (Å²) in [6.07, 6.45) is 2.98. The Balaban J connectivity index is 2.12. The zero-order chi connectivity index (χ0) is 14.3. The zero-order valence-electron chi connectivity index (χ0n) is 10.4. The maximum atomic E-state index is 12.9. The van der Waals surface area contributed by atoms with Gasteiger partial charge in [-0.25, -0.2) is 17.9 Å². The summed E-state index contributed by atoms with van der Waals surface area (Å²) in [4.78, 5) is 0. The number of sulfonamides is 1. The van der Waals surface area contributed by atoms with Gasteiger partial charge in [0.1, 0.15) is 11.6 Å². The molecule has 7 heteroatoms. The maximum absolute atomic E-state index is 12.9. The van der Waals surface area contributed by atoms with Crippen molar-refractivity contribution < 1.29 is 17.5 Å². The standard InChI is InChI=1S/C12H17ClFNO3S/c13-11-9-10(5-6-12(11)14)18-7-3-1-2-4-8-19(15,16)17/h5-6,9H,1-4,7-8H2,(H2,15,16,17). The van der Waals surface area contributed by atoms with Crippen molar-refractivity contribution in [1.82, 2.24) is 0 Å². The fourth-order valence-electron chi connectivity index (χ4n) is 1.52. The van der Waals surface area contributed by atoms with E-state index in [1.54, 1.807) is 0 Å². The van der Waals surface area contributed by atoms with Crippen LogP contribution in [0.15, 0.2) is 18.2 Å². The molecule has 19 heavy (non-hydrogen) atoms. The second-order valence-electron chi connectivity index (χ2n) is 4.21. The monoisotopic (exact) mass is 309 g/mol. The number of ether oxygens (including phenoxy) is 1. The molecule has 0 fully saturated rings. The molecule has 0 bridgehead atoms. The Hall–Kier alpha value is -0.850. The van der Waals surface area contributed by atoms with E-state index >= 15 is 0 Å². The molecule has 0 spiro atoms. The Morgan fingerprint density at radius 1 is 1.21 bits per heavy atom. The van der Waals surface area contributed by atoms with Gasteiger partial charge in [0.05, 0.1) is 17.4 Å². The molecule has 1 rings (SSSR count). The van der Waals surface area contributed by atoms with Gasteiger partial charge in [0.15, 0.2) is 0 Å². The van der Waals surface area contributed by atoms with E-state index in [2.05, 4.69) is 0 Å². The van der Waals surface area contributed by atoms with Crippen LogP contribution in [0.3, 0.4) is 0 Å². The molecule has 0 radical (unpaired) electrons. The molecule has 0 saturated carbocycles. The molecule has 4 nitrogen and oxygen atoms in total. The predicted octanol–water partition coefficient (Wildman–Crippen LogP) is 2.71. The van der Waals surface area contributed by atoms with E-state index in [9.17, 15) is 12.8 Å². The smallest absolute Gasteiger partial charge is 0.209 e. The number of hydrogen-bond donors (Lipinski definition) is 1. The molecule has 1 aromatic rings. The summed E-state index contributed by atoms with van der Waals surface area (Å²) in [5.41, 5.74) is 0. The first kappa shape index (κ1) is 16.2. The molecular weight excluding hydrogens is 293 g/mol. The van der Waals surface area contributed by atoms with Crippen molar-refractivity contribution in [3.05, 3.63) is 29.0 Å². The van der Waals surface area contributed by atoms with Crippen molar-refractivity contribution in [2.75, 3.05) is 12.4 Å². The third-order valence-corrected chi connectivity index (χ3v) is 3.63. The van der Waals surface area contributed by atoms with E-state index in [1.807, 2.05) is 0 Å². The predicted molar refractivity (Wildman–Crippen MR) is 73.3 cm³/mol. The number of benzene rings is 1. The summed E-state index contributed by atoms with van der Waals surface area (Å²) in [5.74, 6) is 0.0643. The van der Waals surface area contributed by atoms with Gasteiger partial charge in [0.25, 0.3) is 0 Å². The van der Waals surface area contributed by atoms with Gasteiger partial charge in [-0.05, 0) is 25.0 Å². The third-order valence-electron chi connectivity index (χ3n) is 2.48. The number of nitrogens with two attached hydrogens (primary N) is 1. The van der Waals surface area contributed by atoms with Crippen molar-refractivity contribution in [3.8, 4) is 5.75 Å². The number of hydrogen-bond acceptors (Lipinski definition) is 3. The Morgan fingerprint density at radius 3 is 2.53 bits per heavy atom. The normalized spacial score (nSPS) is 11.5. The van der Waals surface area contributed by atoms with Gasteiger partial charge in [0.2, 0.25) is 10.0 Å². The van der Waals surface area contributed by atoms with E-state index < -0.39 is 15.8 Å². The first-order valence-corrected chi connectivity index (χ1v) is 8.06. The fraction of sp³-hybridized carbons (Fsp3) is 0.500. The van der Waals surface area contributed by atoms with Gasteiger partial charge < -0.3 is 4.74 Å². The maximum Gasteiger partial charge on any atom is 0.209 e. The van der Waals surface area contributed by atoms with Gasteiger partial charge in [-0.15, -0.1) is 0 Å². The minimum atomic E-state index is -3.35. The van der Waals surface area contributed by atoms with Crippen molar-refractivity contribution in [2.45, 2.75) is 25.7 Å². The summed E-state index contributed by atoms with van der Waals surface area (Å²) >= 11 is 5.61. The lowest BCUT2D eigenvalue weighted by Gasteiger charge is -2.06. The van der Waals surface area contributed by atoms with Crippen LogP contribution in [-0.4, -0.2) is 20.8 Å². The van der Waals surface area contributed by atoms with Crippen LogP contribution in [0.4, 0.5) is 4.39 Å². The van der Waals surface area contributed by atoms with Crippen LogP contribution in [0.5, 0.6) is 5.75 Å². The Morgan fingerprint density at radius 2 is 1.89 bits per heavy atom. The SMILES string of the molecule is NS(=O)(=O)CCCCCCOc1ccc(F)c(Cl)c1. The van der Waals surface area contributed by atoms with Gasteiger partial charge in [-0.2, -0.15) is 0 Å². The van der Waals surface area contributed by atoms with Crippen LogP contribution in [-0.2, 0) is 10.0 Å². The van der Waals surface area contributed by atoms with E-state index in [4.69, 9.17) is 21.5 Å². The average Bonchev–Trinajstić information content (AvgIpc) is 2.31. The number of primary sulfonamides is 1. The largest absolute Gasteiger partial charge is 0.494 e. The van der Waals surface area contributed by atoms with Crippen molar-refractivity contribution >= 4 is 21.6 Å². The minimum absolute atomic E-state index is 0.0153. The molecule has 0 heterocycles. The van der Waals surface area contributed by atoms with E-state index in [0.717, 1.165) is 19.3 Å². The molecule has 1 aromatic carbocycles. The number of halogens is 2. The number of rotatable bonds is 8. The van der Waals surface area contributed by atoms with Crippen molar-refractivity contribution in [2.24, 2.45) is 5.14 Å². The molecule has 0 saturated heterocycles. The second kappa shape index (κ2) is 7.67.